The number of benzene rings is 2. The van der Waals surface area contributed by atoms with E-state index in [1.54, 1.807) is 20.4 Å². The predicted molar refractivity (Wildman–Crippen MR) is 256 cm³/mol. The molecule has 0 radical (unpaired) electrons. The third kappa shape index (κ3) is 14.3. The lowest BCUT2D eigenvalue weighted by molar-refractivity contribution is -0.144. The minimum absolute atomic E-state index is 0.0425. The molecule has 4 aliphatic rings. The van der Waals surface area contributed by atoms with Gasteiger partial charge in [-0.15, -0.1) is 5.10 Å². The molecule has 392 valence electrons. The first-order chi connectivity index (χ1) is 34.7. The Balaban J connectivity index is 0.000000161. The van der Waals surface area contributed by atoms with Gasteiger partial charge in [0.1, 0.15) is 36.2 Å². The number of hydrogen-bond donors (Lipinski definition) is 1. The monoisotopic (exact) mass is 1130 g/mol. The van der Waals surface area contributed by atoms with E-state index in [1.165, 1.54) is 30.7 Å². The summed E-state index contributed by atoms with van der Waals surface area (Å²) in [7, 11) is 3.23. The summed E-state index contributed by atoms with van der Waals surface area (Å²) < 4.78 is 126. The molecule has 2 aliphatic heterocycles. The molecule has 0 amide bonds. The quantitative estimate of drug-likeness (QED) is 0.116. The molecule has 0 spiro atoms. The van der Waals surface area contributed by atoms with Gasteiger partial charge in [-0.3, -0.25) is 0 Å². The maximum Gasteiger partial charge on any atom is 0.408 e. The fraction of sp³-hybridized carbons (Fsp3) is 0.447. The Morgan fingerprint density at radius 2 is 1.07 bits per heavy atom. The molecular weight excluding hydrogens is 1090 g/mol. The van der Waals surface area contributed by atoms with Gasteiger partial charge in [-0.25, -0.2) is 28.1 Å². The first-order valence-corrected chi connectivity index (χ1v) is 24.4. The van der Waals surface area contributed by atoms with Crippen molar-refractivity contribution >= 4 is 50.5 Å². The molecule has 10 rings (SSSR count). The summed E-state index contributed by atoms with van der Waals surface area (Å²) in [5.41, 5.74) is 8.46. The number of fused-ring (bicyclic) bond motifs is 4. The summed E-state index contributed by atoms with van der Waals surface area (Å²) in [6.07, 6.45) is -0.436. The van der Waals surface area contributed by atoms with Gasteiger partial charge in [-0.1, -0.05) is 23.2 Å². The van der Waals surface area contributed by atoms with Crippen molar-refractivity contribution in [3.63, 3.8) is 0 Å². The first kappa shape index (κ1) is 53.6. The maximum atomic E-state index is 13.7. The number of hydrogen-bond acceptors (Lipinski definition) is 13. The van der Waals surface area contributed by atoms with Crippen molar-refractivity contribution in [1.82, 2.24) is 39.5 Å². The molecule has 2 saturated heterocycles. The molecule has 2 aromatic carbocycles. The summed E-state index contributed by atoms with van der Waals surface area (Å²) in [5.74, 6) is 2.28. The van der Waals surface area contributed by atoms with E-state index in [1.807, 2.05) is 24.4 Å². The van der Waals surface area contributed by atoms with Gasteiger partial charge >= 0.3 is 24.4 Å². The van der Waals surface area contributed by atoms with Crippen molar-refractivity contribution in [2.75, 3.05) is 50.2 Å². The number of alkyl halides is 6. The van der Waals surface area contributed by atoms with Crippen LogP contribution in [-0.4, -0.2) is 98.3 Å². The molecule has 2 saturated carbocycles. The predicted octanol–water partition coefficient (Wildman–Crippen LogP) is 11.0. The summed E-state index contributed by atoms with van der Waals surface area (Å²) in [6.45, 7) is 1.04. The van der Waals surface area contributed by atoms with Gasteiger partial charge < -0.3 is 34.5 Å². The van der Waals surface area contributed by atoms with Crippen LogP contribution in [0.3, 0.4) is 0 Å². The van der Waals surface area contributed by atoms with E-state index in [4.69, 9.17) is 47.9 Å². The third-order valence-corrected chi connectivity index (χ3v) is 13.8. The van der Waals surface area contributed by atoms with Crippen LogP contribution in [0, 0.1) is 41.2 Å². The smallest absolute Gasteiger partial charge is 0.408 e. The Morgan fingerprint density at radius 1 is 0.630 bits per heavy atom. The highest BCUT2D eigenvalue weighted by molar-refractivity contribution is 9.10. The molecule has 4 fully saturated rings. The normalized spacial score (nSPS) is 21.2. The van der Waals surface area contributed by atoms with Gasteiger partial charge in [0, 0.05) is 96.7 Å². The van der Waals surface area contributed by atoms with Crippen molar-refractivity contribution in [3.8, 4) is 35.3 Å². The van der Waals surface area contributed by atoms with E-state index < -0.39 is 43.1 Å². The fourth-order valence-corrected chi connectivity index (χ4v) is 10.6. The number of anilines is 2. The minimum Gasteiger partial charge on any atom is -0.481 e. The second-order valence-electron chi connectivity index (χ2n) is 18.0. The van der Waals surface area contributed by atoms with Crippen LogP contribution >= 0.6 is 39.1 Å². The van der Waals surface area contributed by atoms with Crippen LogP contribution in [0.5, 0.6) is 35.3 Å². The number of aromatic nitrogens is 8. The fourth-order valence-electron chi connectivity index (χ4n) is 9.82. The second kappa shape index (κ2) is 22.8. The van der Waals surface area contributed by atoms with Crippen LogP contribution in [0.15, 0.2) is 77.8 Å². The summed E-state index contributed by atoms with van der Waals surface area (Å²) in [4.78, 5) is 20.9. The van der Waals surface area contributed by atoms with Crippen LogP contribution in [-0.2, 0) is 19.5 Å². The summed E-state index contributed by atoms with van der Waals surface area (Å²) >= 11 is 14.3. The number of rotatable bonds is 12. The SMILES string of the molecule is COc1cc(N2CC3CCC(C2)C3Cc2nc(Oc3cc(F)cc(Cl)c3)n(CC(F)(F)F)n2)ccn1.COc1cc(N2CC3CCC(C2)C3N)ccn1.Fc1cc(Cl)cc(Oc2nc(Br)nn2CC(F)(F)F)c1. The first-order valence-electron chi connectivity index (χ1n) is 22.9. The van der Waals surface area contributed by atoms with E-state index in [9.17, 15) is 35.1 Å². The van der Waals surface area contributed by atoms with Gasteiger partial charge in [0.15, 0.2) is 5.82 Å². The van der Waals surface area contributed by atoms with E-state index in [2.05, 4.69) is 61.9 Å². The molecule has 4 bridgehead atoms. The standard InChI is InChI=1S/C24H24ClF4N5O2.C13H19N3O.C10H5BrClF4N3O/c1-35-22-9-18(4-5-30-22)33-11-14-2-3-15(12-33)20(14)10-21-31-23(34(32-21)13-24(27,28)29)36-19-7-16(25)6-17(26)8-19;1-17-12-6-11(4-5-15-12)16-7-9-2-3-10(8-16)13(9)14;11-8-17-9(19(18-8)4-10(14,15)16)20-7-2-5(12)1-6(13)3-7/h4-9,14-15,20H,2-3,10-13H2,1H3;4-6,9-10,13H,2-3,7-8,14H2,1H3;1-3H,4H2. The van der Waals surface area contributed by atoms with Crippen LogP contribution < -0.4 is 34.5 Å². The highest BCUT2D eigenvalue weighted by Gasteiger charge is 2.43. The van der Waals surface area contributed by atoms with Crippen molar-refractivity contribution in [2.45, 2.75) is 63.6 Å². The molecule has 73 heavy (non-hydrogen) atoms. The van der Waals surface area contributed by atoms with E-state index in [-0.39, 0.29) is 44.0 Å². The molecule has 6 aromatic rings. The lowest BCUT2D eigenvalue weighted by atomic mass is 9.82. The van der Waals surface area contributed by atoms with E-state index in [0.717, 1.165) is 69.0 Å². The number of methoxy groups -OCH3 is 2. The Morgan fingerprint density at radius 3 is 1.52 bits per heavy atom. The van der Waals surface area contributed by atoms with Crippen LogP contribution in [0.1, 0.15) is 31.5 Å². The number of nitrogens with zero attached hydrogens (tertiary/aromatic N) is 10. The number of pyridine rings is 2. The average molecular weight is 1130 g/mol. The van der Waals surface area contributed by atoms with Crippen molar-refractivity contribution in [1.29, 1.82) is 0 Å². The Hall–Kier alpha value is -5.72. The number of ether oxygens (including phenoxy) is 4. The zero-order chi connectivity index (χ0) is 52.2. The van der Waals surface area contributed by atoms with Gasteiger partial charge in [0.2, 0.25) is 16.5 Å². The van der Waals surface area contributed by atoms with Crippen molar-refractivity contribution < 1.29 is 54.1 Å². The Bertz CT molecular complexity index is 2780. The van der Waals surface area contributed by atoms with Gasteiger partial charge in [0.25, 0.3) is 0 Å². The highest BCUT2D eigenvalue weighted by atomic mass is 79.9. The molecule has 15 nitrogen and oxygen atoms in total. The average Bonchev–Trinajstić information content (AvgIpc) is 3.96. The Labute approximate surface area is 432 Å². The van der Waals surface area contributed by atoms with E-state index >= 15 is 0 Å². The molecule has 26 heteroatoms. The van der Waals surface area contributed by atoms with Crippen LogP contribution in [0.4, 0.5) is 46.5 Å². The number of halogens is 11. The lowest BCUT2D eigenvalue weighted by Gasteiger charge is -2.39. The molecule has 2 aliphatic carbocycles. The summed E-state index contributed by atoms with van der Waals surface area (Å²) in [6, 6.07) is 14.2. The molecule has 6 heterocycles. The Kier molecular flexibility index (Phi) is 16.7. The van der Waals surface area contributed by atoms with Crippen molar-refractivity contribution in [3.05, 3.63) is 105 Å². The number of nitrogens with two attached hydrogens (primary N) is 1. The van der Waals surface area contributed by atoms with Gasteiger partial charge in [0.05, 0.1) is 14.2 Å². The molecule has 2 N–H and O–H groups in total. The third-order valence-electron chi connectivity index (χ3n) is 13.0. The highest BCUT2D eigenvalue weighted by Crippen LogP contribution is 2.45. The number of piperidine rings is 2. The zero-order valence-corrected chi connectivity index (χ0v) is 42.1. The molecule has 4 aromatic heterocycles. The summed E-state index contributed by atoms with van der Waals surface area (Å²) in [5, 5.41) is 7.71. The second-order valence-corrected chi connectivity index (χ2v) is 19.6. The van der Waals surface area contributed by atoms with Crippen LogP contribution in [0.25, 0.3) is 0 Å². The maximum absolute atomic E-state index is 13.7. The molecular formula is C47H48BrCl2F8N11O4. The van der Waals surface area contributed by atoms with E-state index in [0.29, 0.717) is 57.3 Å². The molecule has 4 atom stereocenters. The molecule has 4 unspecified atom stereocenters. The van der Waals surface area contributed by atoms with Crippen molar-refractivity contribution in [2.24, 2.45) is 35.3 Å². The minimum atomic E-state index is -4.53. The lowest BCUT2D eigenvalue weighted by Crippen LogP contribution is -2.48. The topological polar surface area (TPSA) is 157 Å². The zero-order valence-electron chi connectivity index (χ0n) is 39.0. The largest absolute Gasteiger partial charge is 0.481 e. The van der Waals surface area contributed by atoms with Gasteiger partial charge in [-0.05, 0) is 108 Å². The van der Waals surface area contributed by atoms with Crippen LogP contribution in [0.2, 0.25) is 10.0 Å². The van der Waals surface area contributed by atoms with Gasteiger partial charge in [-0.2, -0.15) is 41.4 Å².